The first-order valence-corrected chi connectivity index (χ1v) is 4.31. The predicted octanol–water partition coefficient (Wildman–Crippen LogP) is 1.37. The maximum atomic E-state index is 10.7. The highest BCUT2D eigenvalue weighted by molar-refractivity contribution is 5.74. The maximum Gasteiger partial charge on any atom is 0.218 e. The lowest BCUT2D eigenvalue weighted by atomic mass is 10.0. The molecular weight excluding hydrogens is 164 g/mol. The van der Waals surface area contributed by atoms with E-state index in [4.69, 9.17) is 5.73 Å². The van der Waals surface area contributed by atoms with Gasteiger partial charge in [-0.15, -0.1) is 0 Å². The van der Waals surface area contributed by atoms with Crippen molar-refractivity contribution in [2.45, 2.75) is 26.2 Å². The molecule has 0 spiro atoms. The van der Waals surface area contributed by atoms with Crippen LogP contribution in [0.4, 0.5) is 0 Å². The summed E-state index contributed by atoms with van der Waals surface area (Å²) >= 11 is 0. The number of nitrogens with zero attached hydrogens (tertiary/aromatic N) is 1. The number of primary amides is 1. The molecule has 0 aliphatic carbocycles. The summed E-state index contributed by atoms with van der Waals surface area (Å²) in [5, 5.41) is 0. The Bertz CT molecular complexity index is 310. The molecule has 0 aliphatic rings. The zero-order valence-electron chi connectivity index (χ0n) is 7.95. The van der Waals surface area contributed by atoms with Crippen molar-refractivity contribution in [2.24, 2.45) is 5.73 Å². The minimum absolute atomic E-state index is 0.109. The molecule has 2 N–H and O–H groups in total. The molecule has 1 amide bonds. The predicted molar refractivity (Wildman–Crippen MR) is 51.2 cm³/mol. The molecule has 1 aromatic heterocycles. The van der Waals surface area contributed by atoms with Gasteiger partial charge in [0.05, 0.1) is 0 Å². The molecule has 1 rings (SSSR count). The van der Waals surface area contributed by atoms with E-state index in [2.05, 4.69) is 4.98 Å². The van der Waals surface area contributed by atoms with E-state index in [1.165, 1.54) is 0 Å². The number of nitrogens with two attached hydrogens (primary N) is 1. The topological polar surface area (TPSA) is 56.0 Å². The molecule has 1 atom stereocenters. The van der Waals surface area contributed by atoms with Gasteiger partial charge >= 0.3 is 0 Å². The molecule has 1 aromatic rings. The number of carbonyl (C=O) groups is 1. The highest BCUT2D eigenvalue weighted by Gasteiger charge is 2.09. The number of aryl methyl sites for hydroxylation is 1. The molecule has 3 heteroatoms. The first-order chi connectivity index (χ1) is 6.09. The van der Waals surface area contributed by atoms with Gasteiger partial charge in [-0.1, -0.05) is 13.0 Å². The summed E-state index contributed by atoms with van der Waals surface area (Å²) in [6, 6.07) is 5.79. The van der Waals surface area contributed by atoms with Gasteiger partial charge in [0.2, 0.25) is 5.91 Å². The molecule has 0 saturated heterocycles. The van der Waals surface area contributed by atoms with Crippen LogP contribution in [0, 0.1) is 6.92 Å². The van der Waals surface area contributed by atoms with Crippen molar-refractivity contribution in [3.05, 3.63) is 29.6 Å². The molecule has 0 aliphatic heterocycles. The lowest BCUT2D eigenvalue weighted by Gasteiger charge is -2.08. The molecule has 0 radical (unpaired) electrons. The monoisotopic (exact) mass is 178 g/mol. The summed E-state index contributed by atoms with van der Waals surface area (Å²) in [7, 11) is 0. The van der Waals surface area contributed by atoms with Crippen LogP contribution in [0.15, 0.2) is 18.2 Å². The van der Waals surface area contributed by atoms with Gasteiger partial charge in [-0.2, -0.15) is 0 Å². The summed E-state index contributed by atoms with van der Waals surface area (Å²) in [4.78, 5) is 15.0. The van der Waals surface area contributed by atoms with Gasteiger partial charge in [-0.3, -0.25) is 9.78 Å². The second-order valence-electron chi connectivity index (χ2n) is 3.28. The fourth-order valence-electron chi connectivity index (χ4n) is 1.24. The van der Waals surface area contributed by atoms with Gasteiger partial charge < -0.3 is 5.73 Å². The van der Waals surface area contributed by atoms with Gasteiger partial charge in [-0.05, 0) is 19.1 Å². The maximum absolute atomic E-state index is 10.7. The first kappa shape index (κ1) is 9.71. The van der Waals surface area contributed by atoms with Gasteiger partial charge in [0.25, 0.3) is 0 Å². The minimum Gasteiger partial charge on any atom is -0.370 e. The van der Waals surface area contributed by atoms with Crippen molar-refractivity contribution in [1.82, 2.24) is 4.98 Å². The van der Waals surface area contributed by atoms with E-state index in [0.717, 1.165) is 11.4 Å². The van der Waals surface area contributed by atoms with Crippen LogP contribution >= 0.6 is 0 Å². The third-order valence-electron chi connectivity index (χ3n) is 1.92. The molecule has 0 saturated carbocycles. The van der Waals surface area contributed by atoms with Crippen LogP contribution in [-0.2, 0) is 4.79 Å². The van der Waals surface area contributed by atoms with E-state index < -0.39 is 0 Å². The fraction of sp³-hybridized carbons (Fsp3) is 0.400. The number of hydrogen-bond acceptors (Lipinski definition) is 2. The Kier molecular flexibility index (Phi) is 3.01. The van der Waals surface area contributed by atoms with Crippen molar-refractivity contribution < 1.29 is 4.79 Å². The average molecular weight is 178 g/mol. The van der Waals surface area contributed by atoms with Crippen LogP contribution < -0.4 is 5.73 Å². The summed E-state index contributed by atoms with van der Waals surface area (Å²) in [6.45, 7) is 3.88. The Morgan fingerprint density at radius 2 is 2.31 bits per heavy atom. The normalized spacial score (nSPS) is 12.5. The Hall–Kier alpha value is -1.38. The van der Waals surface area contributed by atoms with Gasteiger partial charge in [0, 0.05) is 23.7 Å². The van der Waals surface area contributed by atoms with E-state index in [-0.39, 0.29) is 11.8 Å². The Morgan fingerprint density at radius 1 is 1.62 bits per heavy atom. The van der Waals surface area contributed by atoms with Crippen molar-refractivity contribution in [1.29, 1.82) is 0 Å². The zero-order chi connectivity index (χ0) is 9.84. The van der Waals surface area contributed by atoms with E-state index in [1.54, 1.807) is 0 Å². The standard InChI is InChI=1S/C10H14N2O/c1-7(6-10(11)13)9-5-3-4-8(2)12-9/h3-5,7H,6H2,1-2H3,(H2,11,13). The molecular formula is C10H14N2O. The highest BCUT2D eigenvalue weighted by atomic mass is 16.1. The van der Waals surface area contributed by atoms with E-state index in [1.807, 2.05) is 32.0 Å². The molecule has 1 heterocycles. The second-order valence-corrected chi connectivity index (χ2v) is 3.28. The Morgan fingerprint density at radius 3 is 2.85 bits per heavy atom. The molecule has 0 bridgehead atoms. The third-order valence-corrected chi connectivity index (χ3v) is 1.92. The average Bonchev–Trinajstić information content (AvgIpc) is 2.03. The van der Waals surface area contributed by atoms with Crippen molar-refractivity contribution in [2.75, 3.05) is 0 Å². The van der Waals surface area contributed by atoms with Crippen LogP contribution in [0.1, 0.15) is 30.7 Å². The highest BCUT2D eigenvalue weighted by Crippen LogP contribution is 2.15. The van der Waals surface area contributed by atoms with Crippen LogP contribution in [0.5, 0.6) is 0 Å². The van der Waals surface area contributed by atoms with Crippen molar-refractivity contribution in [3.8, 4) is 0 Å². The van der Waals surface area contributed by atoms with Crippen LogP contribution in [0.2, 0.25) is 0 Å². The van der Waals surface area contributed by atoms with Gasteiger partial charge in [0.15, 0.2) is 0 Å². The molecule has 0 fully saturated rings. The smallest absolute Gasteiger partial charge is 0.218 e. The van der Waals surface area contributed by atoms with Gasteiger partial charge in [0.1, 0.15) is 0 Å². The first-order valence-electron chi connectivity index (χ1n) is 4.31. The molecule has 13 heavy (non-hydrogen) atoms. The number of pyridine rings is 1. The fourth-order valence-corrected chi connectivity index (χ4v) is 1.24. The van der Waals surface area contributed by atoms with Gasteiger partial charge in [-0.25, -0.2) is 0 Å². The van der Waals surface area contributed by atoms with Crippen molar-refractivity contribution in [3.63, 3.8) is 0 Å². The summed E-state index contributed by atoms with van der Waals surface area (Å²) in [5.74, 6) is -0.173. The number of amides is 1. The van der Waals surface area contributed by atoms with E-state index in [9.17, 15) is 4.79 Å². The number of hydrogen-bond donors (Lipinski definition) is 1. The lowest BCUT2D eigenvalue weighted by Crippen LogP contribution is -2.14. The molecule has 3 nitrogen and oxygen atoms in total. The van der Waals surface area contributed by atoms with Crippen LogP contribution in [0.25, 0.3) is 0 Å². The van der Waals surface area contributed by atoms with E-state index in [0.29, 0.717) is 6.42 Å². The van der Waals surface area contributed by atoms with Crippen molar-refractivity contribution >= 4 is 5.91 Å². The summed E-state index contributed by atoms with van der Waals surface area (Å²) in [5.41, 5.74) is 7.00. The quantitative estimate of drug-likeness (QED) is 0.760. The lowest BCUT2D eigenvalue weighted by molar-refractivity contribution is -0.118. The zero-order valence-corrected chi connectivity index (χ0v) is 7.95. The number of aromatic nitrogens is 1. The van der Waals surface area contributed by atoms with E-state index >= 15 is 0 Å². The minimum atomic E-state index is -0.282. The van der Waals surface area contributed by atoms with Crippen LogP contribution in [0.3, 0.4) is 0 Å². The largest absolute Gasteiger partial charge is 0.370 e. The number of carbonyl (C=O) groups excluding carboxylic acids is 1. The number of rotatable bonds is 3. The molecule has 0 aromatic carbocycles. The molecule has 70 valence electrons. The SMILES string of the molecule is Cc1cccc(C(C)CC(N)=O)n1. The summed E-state index contributed by atoms with van der Waals surface area (Å²) in [6.07, 6.45) is 0.358. The second kappa shape index (κ2) is 4.03. The van der Waals surface area contributed by atoms with Crippen LogP contribution in [-0.4, -0.2) is 10.9 Å². The Labute approximate surface area is 78.0 Å². The Balaban J connectivity index is 2.76. The molecule has 1 unspecified atom stereocenters. The third kappa shape index (κ3) is 2.86. The summed E-state index contributed by atoms with van der Waals surface area (Å²) < 4.78 is 0.